The quantitative estimate of drug-likeness (QED) is 0.449. The number of hydrogen-bond donors (Lipinski definition) is 2. The number of aliphatic imine (C=N–C) groups is 2. The van der Waals surface area contributed by atoms with E-state index >= 15 is 0 Å². The molecule has 1 fully saturated rings. The van der Waals surface area contributed by atoms with Gasteiger partial charge in [-0.2, -0.15) is 5.10 Å². The van der Waals surface area contributed by atoms with Gasteiger partial charge in [0.05, 0.1) is 11.4 Å². The Labute approximate surface area is 241 Å². The zero-order chi connectivity index (χ0) is 28.3. The van der Waals surface area contributed by atoms with Crippen molar-refractivity contribution in [3.8, 4) is 0 Å². The molecule has 4 heterocycles. The van der Waals surface area contributed by atoms with Gasteiger partial charge < -0.3 is 15.1 Å². The molecule has 2 aromatic carbocycles. The summed E-state index contributed by atoms with van der Waals surface area (Å²) >= 11 is 1.17. The molecule has 1 unspecified atom stereocenters. The molecule has 0 saturated carbocycles. The van der Waals surface area contributed by atoms with E-state index in [0.717, 1.165) is 30.0 Å². The van der Waals surface area contributed by atoms with Gasteiger partial charge in [0.25, 0.3) is 5.91 Å². The highest BCUT2D eigenvalue weighted by Gasteiger charge is 2.41. The normalized spacial score (nSPS) is 18.0. The smallest absolute Gasteiger partial charge is 0.259 e. The van der Waals surface area contributed by atoms with Gasteiger partial charge in [0.2, 0.25) is 11.8 Å². The fourth-order valence-corrected chi connectivity index (χ4v) is 5.95. The van der Waals surface area contributed by atoms with Crippen molar-refractivity contribution in [2.45, 2.75) is 25.8 Å². The molecule has 2 N–H and O–H groups in total. The number of thioether (sulfide) groups is 1. The first-order chi connectivity index (χ1) is 20.0. The molecule has 3 aliphatic rings. The number of aromatic nitrogens is 2. The molecule has 0 radical (unpaired) electrons. The number of piperazine rings is 1. The molecule has 11 nitrogen and oxygen atoms in total. The molecular formula is C29H30N8O3S. The Morgan fingerprint density at radius 2 is 1.80 bits per heavy atom. The van der Waals surface area contributed by atoms with Crippen molar-refractivity contribution >= 4 is 57.7 Å². The molecule has 41 heavy (non-hydrogen) atoms. The molecule has 3 aliphatic heterocycles. The Kier molecular flexibility index (Phi) is 7.55. The van der Waals surface area contributed by atoms with Crippen LogP contribution in [0.1, 0.15) is 24.1 Å². The van der Waals surface area contributed by atoms with Crippen LogP contribution in [0, 0.1) is 6.92 Å². The molecule has 1 saturated heterocycles. The summed E-state index contributed by atoms with van der Waals surface area (Å²) in [4.78, 5) is 54.3. The van der Waals surface area contributed by atoms with Gasteiger partial charge >= 0.3 is 0 Å². The minimum Gasteiger partial charge on any atom is -0.368 e. The lowest BCUT2D eigenvalue weighted by atomic mass is 10.1. The highest BCUT2D eigenvalue weighted by molar-refractivity contribution is 8.14. The Morgan fingerprint density at radius 3 is 2.56 bits per heavy atom. The van der Waals surface area contributed by atoms with E-state index in [0.29, 0.717) is 42.0 Å². The molecule has 1 atom stereocenters. The van der Waals surface area contributed by atoms with Gasteiger partial charge in [-0.3, -0.25) is 24.5 Å². The first-order valence-corrected chi connectivity index (χ1v) is 14.6. The number of aryl methyl sites for hydroxylation is 1. The van der Waals surface area contributed by atoms with Gasteiger partial charge in [0.1, 0.15) is 11.9 Å². The van der Waals surface area contributed by atoms with Crippen LogP contribution in [-0.4, -0.2) is 86.7 Å². The average Bonchev–Trinajstić information content (AvgIpc) is 3.57. The highest BCUT2D eigenvalue weighted by Crippen LogP contribution is 2.34. The van der Waals surface area contributed by atoms with Crippen molar-refractivity contribution in [3.63, 3.8) is 0 Å². The number of anilines is 2. The van der Waals surface area contributed by atoms with Crippen molar-refractivity contribution in [2.75, 3.05) is 42.1 Å². The van der Waals surface area contributed by atoms with Crippen LogP contribution in [0.4, 0.5) is 17.2 Å². The average molecular weight is 571 g/mol. The molecule has 3 aromatic rings. The third kappa shape index (κ3) is 5.73. The maximum Gasteiger partial charge on any atom is 0.259 e. The lowest BCUT2D eigenvalue weighted by Crippen LogP contribution is -2.49. The number of hydrogen-bond acceptors (Lipinski definition) is 8. The number of H-pyrrole nitrogens is 1. The van der Waals surface area contributed by atoms with E-state index in [-0.39, 0.29) is 29.9 Å². The van der Waals surface area contributed by atoms with Crippen LogP contribution in [0.3, 0.4) is 0 Å². The van der Waals surface area contributed by atoms with Crippen LogP contribution < -0.4 is 10.2 Å². The van der Waals surface area contributed by atoms with Gasteiger partial charge in [-0.05, 0) is 37.6 Å². The third-order valence-corrected chi connectivity index (χ3v) is 8.18. The lowest BCUT2D eigenvalue weighted by Gasteiger charge is -2.36. The maximum absolute atomic E-state index is 13.6. The number of amidine groups is 2. The van der Waals surface area contributed by atoms with Gasteiger partial charge in [0.15, 0.2) is 11.0 Å². The Hall–Kier alpha value is -4.45. The molecule has 6 rings (SSSR count). The minimum absolute atomic E-state index is 0.0320. The molecule has 0 aliphatic carbocycles. The third-order valence-electron chi connectivity index (χ3n) is 7.24. The van der Waals surface area contributed by atoms with Crippen LogP contribution in [-0.2, 0) is 14.4 Å². The molecular weight excluding hydrogens is 540 g/mol. The summed E-state index contributed by atoms with van der Waals surface area (Å²) < 4.78 is 0. The predicted octanol–water partition coefficient (Wildman–Crippen LogP) is 3.18. The number of nitrogens with zero attached hydrogens (tertiary/aromatic N) is 6. The van der Waals surface area contributed by atoms with Crippen LogP contribution >= 0.6 is 11.8 Å². The molecule has 1 aromatic heterocycles. The zero-order valence-corrected chi connectivity index (χ0v) is 23.4. The molecule has 210 valence electrons. The number of rotatable bonds is 7. The Morgan fingerprint density at radius 1 is 1.05 bits per heavy atom. The first kappa shape index (κ1) is 26.8. The van der Waals surface area contributed by atoms with Crippen molar-refractivity contribution in [2.24, 2.45) is 9.98 Å². The second kappa shape index (κ2) is 11.6. The van der Waals surface area contributed by atoms with Crippen LogP contribution in [0.25, 0.3) is 0 Å². The van der Waals surface area contributed by atoms with E-state index in [9.17, 15) is 14.4 Å². The molecule has 12 heteroatoms. The molecule has 3 amide bonds. The van der Waals surface area contributed by atoms with Crippen LogP contribution in [0.5, 0.6) is 0 Å². The van der Waals surface area contributed by atoms with Gasteiger partial charge in [-0.25, -0.2) is 9.89 Å². The minimum atomic E-state index is -0.683. The summed E-state index contributed by atoms with van der Waals surface area (Å²) in [6.07, 6.45) is 0.550. The van der Waals surface area contributed by atoms with Crippen LogP contribution in [0.2, 0.25) is 0 Å². The van der Waals surface area contributed by atoms with E-state index in [4.69, 9.17) is 4.99 Å². The monoisotopic (exact) mass is 570 g/mol. The summed E-state index contributed by atoms with van der Waals surface area (Å²) in [5.74, 6) is 0.537. The van der Waals surface area contributed by atoms with Crippen molar-refractivity contribution < 1.29 is 14.4 Å². The van der Waals surface area contributed by atoms with Crippen molar-refractivity contribution in [1.29, 1.82) is 0 Å². The van der Waals surface area contributed by atoms with E-state index in [1.54, 1.807) is 6.07 Å². The standard InChI is InChI=1S/C29H30N8O3S/c1-19-17-24(34-33-19)32-25(38)18-41-29-31-22-10-6-5-9-21(22)27-30-23(28(40)37(27)29)11-12-26(39)36-15-13-35(14-16-36)20-7-3-2-4-8-20/h2-10,17,23H,11-16,18H2,1H3,(H2,32,33,34,38). The SMILES string of the molecule is Cc1cc(NC(=O)CSC2=Nc3ccccc3C3=NC(CCC(=O)N4CCN(c5ccccc5)CC4)C(=O)N23)n[nH]1. The summed E-state index contributed by atoms with van der Waals surface area (Å²) in [5, 5.41) is 9.95. The topological polar surface area (TPSA) is 126 Å². The number of aromatic amines is 1. The lowest BCUT2D eigenvalue weighted by molar-refractivity contribution is -0.132. The zero-order valence-electron chi connectivity index (χ0n) is 22.6. The summed E-state index contributed by atoms with van der Waals surface area (Å²) in [5.41, 5.74) is 3.44. The van der Waals surface area contributed by atoms with E-state index in [1.165, 1.54) is 16.7 Å². The van der Waals surface area contributed by atoms with Gasteiger partial charge in [-0.1, -0.05) is 42.1 Å². The fraction of sp³-hybridized carbons (Fsp3) is 0.310. The maximum atomic E-state index is 13.6. The van der Waals surface area contributed by atoms with E-state index < -0.39 is 6.04 Å². The largest absolute Gasteiger partial charge is 0.368 e. The molecule has 0 spiro atoms. The second-order valence-electron chi connectivity index (χ2n) is 10.1. The fourth-order valence-electron chi connectivity index (χ4n) is 5.15. The predicted molar refractivity (Wildman–Crippen MR) is 160 cm³/mol. The Bertz CT molecular complexity index is 1530. The van der Waals surface area contributed by atoms with Gasteiger partial charge in [0, 0.05) is 55.6 Å². The summed E-state index contributed by atoms with van der Waals surface area (Å²) in [6, 6.07) is 18.7. The number of carbonyl (C=O) groups excluding carboxylic acids is 3. The second-order valence-corrected chi connectivity index (χ2v) is 11.0. The van der Waals surface area contributed by atoms with Crippen molar-refractivity contribution in [1.82, 2.24) is 20.0 Å². The number of benzene rings is 2. The Balaban J connectivity index is 1.09. The molecule has 0 bridgehead atoms. The first-order valence-electron chi connectivity index (χ1n) is 13.6. The number of nitrogens with one attached hydrogen (secondary N) is 2. The van der Waals surface area contributed by atoms with E-state index in [2.05, 4.69) is 37.5 Å². The van der Waals surface area contributed by atoms with Gasteiger partial charge in [-0.15, -0.1) is 0 Å². The number of carbonyl (C=O) groups is 3. The number of amides is 3. The number of fused-ring (bicyclic) bond motifs is 3. The van der Waals surface area contributed by atoms with E-state index in [1.807, 2.05) is 54.3 Å². The highest BCUT2D eigenvalue weighted by atomic mass is 32.2. The summed E-state index contributed by atoms with van der Waals surface area (Å²) in [7, 11) is 0. The summed E-state index contributed by atoms with van der Waals surface area (Å²) in [6.45, 7) is 4.69. The number of para-hydroxylation sites is 2. The van der Waals surface area contributed by atoms with Crippen molar-refractivity contribution in [3.05, 3.63) is 71.9 Å². The van der Waals surface area contributed by atoms with Crippen LogP contribution in [0.15, 0.2) is 70.6 Å².